The molecule has 0 spiro atoms. The first kappa shape index (κ1) is 14.3. The van der Waals surface area contributed by atoms with Crippen molar-refractivity contribution in [2.24, 2.45) is 5.84 Å². The molecule has 1 aromatic heterocycles. The van der Waals surface area contributed by atoms with Gasteiger partial charge in [0.2, 0.25) is 0 Å². The van der Waals surface area contributed by atoms with Gasteiger partial charge in [0.15, 0.2) is 0 Å². The van der Waals surface area contributed by atoms with E-state index in [1.54, 1.807) is 12.1 Å². The predicted octanol–water partition coefficient (Wildman–Crippen LogP) is 3.97. The lowest BCUT2D eigenvalue weighted by atomic mass is 10.0. The van der Waals surface area contributed by atoms with Crippen molar-refractivity contribution in [2.45, 2.75) is 12.2 Å². The molecular weight excluding hydrogens is 297 g/mol. The van der Waals surface area contributed by atoms with Crippen molar-refractivity contribution >= 4 is 22.9 Å². The Bertz CT molecular complexity index is 551. The normalized spacial score (nSPS) is 13.5. The summed E-state index contributed by atoms with van der Waals surface area (Å²) in [6, 6.07) is 8.01. The first-order valence-corrected chi connectivity index (χ1v) is 6.50. The van der Waals surface area contributed by atoms with Crippen LogP contribution in [0.15, 0.2) is 36.4 Å². The Morgan fingerprint density at radius 1 is 1.11 bits per heavy atom. The lowest BCUT2D eigenvalue weighted by Gasteiger charge is -2.15. The van der Waals surface area contributed by atoms with E-state index in [9.17, 15) is 13.2 Å². The molecule has 102 valence electrons. The molecule has 19 heavy (non-hydrogen) atoms. The van der Waals surface area contributed by atoms with Gasteiger partial charge in [-0.2, -0.15) is 13.2 Å². The number of hydrogen-bond acceptors (Lipinski definition) is 3. The summed E-state index contributed by atoms with van der Waals surface area (Å²) in [5.74, 6) is 5.46. The van der Waals surface area contributed by atoms with Gasteiger partial charge in [-0.25, -0.2) is 5.43 Å². The van der Waals surface area contributed by atoms with Crippen molar-refractivity contribution in [3.63, 3.8) is 0 Å². The molecule has 1 heterocycles. The Balaban J connectivity index is 2.30. The number of halogens is 4. The van der Waals surface area contributed by atoms with E-state index in [2.05, 4.69) is 5.43 Å². The Hall–Kier alpha value is -1.08. The number of nitrogens with one attached hydrogen (secondary N) is 1. The standard InChI is InChI=1S/C12H10ClF3N2S/c13-10-6-5-9(19-10)11(18-17)7-1-3-8(4-2-7)12(14,15)16/h1-6,11,18H,17H2. The second-order valence-corrected chi connectivity index (χ2v) is 5.61. The lowest BCUT2D eigenvalue weighted by molar-refractivity contribution is -0.137. The summed E-state index contributed by atoms with van der Waals surface area (Å²) in [5.41, 5.74) is 2.54. The molecule has 0 aliphatic rings. The highest BCUT2D eigenvalue weighted by Gasteiger charge is 2.30. The molecular formula is C12H10ClF3N2S. The topological polar surface area (TPSA) is 38.0 Å². The number of nitrogens with two attached hydrogens (primary N) is 1. The first-order chi connectivity index (χ1) is 8.91. The fraction of sp³-hybridized carbons (Fsp3) is 0.167. The van der Waals surface area contributed by atoms with Crippen LogP contribution in [0.1, 0.15) is 22.0 Å². The van der Waals surface area contributed by atoms with Crippen LogP contribution in [0.4, 0.5) is 13.2 Å². The molecule has 0 bridgehead atoms. The van der Waals surface area contributed by atoms with Gasteiger partial charge in [-0.3, -0.25) is 5.84 Å². The zero-order valence-electron chi connectivity index (χ0n) is 9.54. The highest BCUT2D eigenvalue weighted by Crippen LogP contribution is 2.33. The van der Waals surface area contributed by atoms with E-state index in [0.717, 1.165) is 17.0 Å². The molecule has 0 saturated heterocycles. The van der Waals surface area contributed by atoms with Gasteiger partial charge >= 0.3 is 6.18 Å². The summed E-state index contributed by atoms with van der Waals surface area (Å²) in [6.45, 7) is 0. The number of alkyl halides is 3. The van der Waals surface area contributed by atoms with Crippen molar-refractivity contribution in [1.29, 1.82) is 0 Å². The number of hydrogen-bond donors (Lipinski definition) is 2. The van der Waals surface area contributed by atoms with Crippen molar-refractivity contribution in [3.05, 3.63) is 56.7 Å². The molecule has 0 aliphatic heterocycles. The highest BCUT2D eigenvalue weighted by molar-refractivity contribution is 7.16. The molecule has 2 aromatic rings. The monoisotopic (exact) mass is 306 g/mol. The van der Waals surface area contributed by atoms with Crippen LogP contribution in [-0.2, 0) is 6.18 Å². The Morgan fingerprint density at radius 3 is 2.16 bits per heavy atom. The zero-order valence-corrected chi connectivity index (χ0v) is 11.1. The predicted molar refractivity (Wildman–Crippen MR) is 69.9 cm³/mol. The summed E-state index contributed by atoms with van der Waals surface area (Å²) >= 11 is 7.16. The van der Waals surface area contributed by atoms with Gasteiger partial charge in [0.05, 0.1) is 15.9 Å². The van der Waals surface area contributed by atoms with Crippen LogP contribution >= 0.6 is 22.9 Å². The second kappa shape index (κ2) is 5.50. The molecule has 1 unspecified atom stereocenters. The molecule has 0 aliphatic carbocycles. The van der Waals surface area contributed by atoms with Crippen LogP contribution < -0.4 is 11.3 Å². The third kappa shape index (κ3) is 3.27. The van der Waals surface area contributed by atoms with Crippen molar-refractivity contribution in [1.82, 2.24) is 5.43 Å². The molecule has 7 heteroatoms. The maximum absolute atomic E-state index is 12.5. The second-order valence-electron chi connectivity index (χ2n) is 3.86. The fourth-order valence-corrected chi connectivity index (χ4v) is 2.84. The van der Waals surface area contributed by atoms with Crippen molar-refractivity contribution in [2.75, 3.05) is 0 Å². The van der Waals surface area contributed by atoms with Gasteiger partial charge in [0.25, 0.3) is 0 Å². The van der Waals surface area contributed by atoms with Crippen LogP contribution in [0.3, 0.4) is 0 Å². The molecule has 0 radical (unpaired) electrons. The Morgan fingerprint density at radius 2 is 1.74 bits per heavy atom. The van der Waals surface area contributed by atoms with Crippen molar-refractivity contribution < 1.29 is 13.2 Å². The van der Waals surface area contributed by atoms with Crippen LogP contribution in [0, 0.1) is 0 Å². The maximum Gasteiger partial charge on any atom is 0.416 e. The third-order valence-corrected chi connectivity index (χ3v) is 3.91. The van der Waals surface area contributed by atoms with Crippen LogP contribution in [0.2, 0.25) is 4.34 Å². The fourth-order valence-electron chi connectivity index (χ4n) is 1.69. The van der Waals surface area contributed by atoms with E-state index >= 15 is 0 Å². The summed E-state index contributed by atoms with van der Waals surface area (Å²) in [5, 5.41) is 0. The zero-order chi connectivity index (χ0) is 14.0. The minimum Gasteiger partial charge on any atom is -0.271 e. The summed E-state index contributed by atoms with van der Waals surface area (Å²) in [4.78, 5) is 0.840. The van der Waals surface area contributed by atoms with Gasteiger partial charge in [-0.1, -0.05) is 23.7 Å². The smallest absolute Gasteiger partial charge is 0.271 e. The largest absolute Gasteiger partial charge is 0.416 e. The molecule has 2 nitrogen and oxygen atoms in total. The average molecular weight is 307 g/mol. The molecule has 0 saturated carbocycles. The SMILES string of the molecule is NNC(c1ccc(C(F)(F)F)cc1)c1ccc(Cl)s1. The Labute approximate surface area is 117 Å². The third-order valence-electron chi connectivity index (χ3n) is 2.62. The van der Waals surface area contributed by atoms with Crippen LogP contribution in [0.5, 0.6) is 0 Å². The van der Waals surface area contributed by atoms with Gasteiger partial charge in [0.1, 0.15) is 0 Å². The van der Waals surface area contributed by atoms with Crippen LogP contribution in [-0.4, -0.2) is 0 Å². The minimum absolute atomic E-state index is 0.375. The maximum atomic E-state index is 12.5. The van der Waals surface area contributed by atoms with Gasteiger partial charge in [-0.05, 0) is 29.8 Å². The van der Waals surface area contributed by atoms with Gasteiger partial charge in [0, 0.05) is 4.88 Å². The quantitative estimate of drug-likeness (QED) is 0.665. The van der Waals surface area contributed by atoms with Gasteiger partial charge < -0.3 is 0 Å². The van der Waals surface area contributed by atoms with Gasteiger partial charge in [-0.15, -0.1) is 11.3 Å². The highest BCUT2D eigenvalue weighted by atomic mass is 35.5. The summed E-state index contributed by atoms with van der Waals surface area (Å²) in [7, 11) is 0. The summed E-state index contributed by atoms with van der Waals surface area (Å²) < 4.78 is 38.0. The number of benzene rings is 1. The Kier molecular flexibility index (Phi) is 4.15. The average Bonchev–Trinajstić information content (AvgIpc) is 2.76. The molecule has 0 fully saturated rings. The van der Waals surface area contributed by atoms with E-state index in [4.69, 9.17) is 17.4 Å². The van der Waals surface area contributed by atoms with E-state index < -0.39 is 11.7 Å². The molecule has 1 atom stereocenters. The molecule has 0 amide bonds. The molecule has 1 aromatic carbocycles. The van der Waals surface area contributed by atoms with E-state index in [-0.39, 0.29) is 6.04 Å². The van der Waals surface area contributed by atoms with Crippen molar-refractivity contribution in [3.8, 4) is 0 Å². The molecule has 2 rings (SSSR count). The minimum atomic E-state index is -4.34. The van der Waals surface area contributed by atoms with Crippen LogP contribution in [0.25, 0.3) is 0 Å². The number of rotatable bonds is 3. The lowest BCUT2D eigenvalue weighted by Crippen LogP contribution is -2.28. The summed E-state index contributed by atoms with van der Waals surface area (Å²) in [6.07, 6.45) is -4.34. The van der Waals surface area contributed by atoms with E-state index in [1.807, 2.05) is 0 Å². The van der Waals surface area contributed by atoms with E-state index in [0.29, 0.717) is 9.90 Å². The first-order valence-electron chi connectivity index (χ1n) is 5.30. The van der Waals surface area contributed by atoms with E-state index in [1.165, 1.54) is 23.5 Å². The number of thiophene rings is 1. The molecule has 3 N–H and O–H groups in total. The number of hydrazine groups is 1.